The van der Waals surface area contributed by atoms with Gasteiger partial charge in [-0.3, -0.25) is 14.4 Å². The van der Waals surface area contributed by atoms with E-state index in [0.717, 1.165) is 0 Å². The Hall–Kier alpha value is -7.74. The molecule has 0 radical (unpaired) electrons. The van der Waals surface area contributed by atoms with Gasteiger partial charge in [-0.15, -0.1) is 0 Å². The van der Waals surface area contributed by atoms with E-state index in [0.29, 0.717) is 5.56 Å². The third-order valence-electron chi connectivity index (χ3n) is 16.9. The Kier molecular flexibility index (Phi) is 32.6. The second-order valence-corrected chi connectivity index (χ2v) is 25.1. The highest BCUT2D eigenvalue weighted by atomic mass is 19.4. The smallest absolute Gasteiger partial charge is 0.449 e. The van der Waals surface area contributed by atoms with Gasteiger partial charge in [-0.1, -0.05) is 42.5 Å². The maximum Gasteiger partial charge on any atom is 0.449 e. The minimum Gasteiger partial charge on any atom is -0.476 e. The molecule has 105 heavy (non-hydrogen) atoms. The first kappa shape index (κ1) is 89.7. The van der Waals surface area contributed by atoms with Crippen LogP contribution in [0.5, 0.6) is 17.2 Å². The highest BCUT2D eigenvalue weighted by molar-refractivity contribution is 5.85. The first-order valence-electron chi connectivity index (χ1n) is 31.9. The summed E-state index contributed by atoms with van der Waals surface area (Å²) in [6.45, 7) is 0.807. The van der Waals surface area contributed by atoms with Crippen LogP contribution in [0.15, 0.2) is 72.8 Å². The normalized spacial score (nSPS) is 26.6. The molecule has 3 aromatic rings. The van der Waals surface area contributed by atoms with Gasteiger partial charge in [0.1, 0.15) is 71.2 Å². The van der Waals surface area contributed by atoms with Crippen LogP contribution in [0.1, 0.15) is 95.2 Å². The number of aliphatic carboxylic acids is 3. The molecular weight excluding hydrogens is 1440 g/mol. The largest absolute Gasteiger partial charge is 0.476 e. The molecule has 3 fully saturated rings. The highest BCUT2D eigenvalue weighted by Gasteiger charge is 2.60. The molecule has 3 aliphatic heterocycles. The number of ketones is 6. The Morgan fingerprint density at radius 3 is 1.10 bits per heavy atom. The van der Waals surface area contributed by atoms with E-state index in [4.69, 9.17) is 33.5 Å². The number of aryl methyl sites for hydroxylation is 3. The van der Waals surface area contributed by atoms with Gasteiger partial charge in [0.25, 0.3) is 0 Å². The lowest BCUT2D eigenvalue weighted by molar-refractivity contribution is -0.293. The number of Topliss-reactive ketones (excluding diaryl/α,β-unsaturated/α-hetero) is 6. The number of rotatable bonds is 33. The van der Waals surface area contributed by atoms with Gasteiger partial charge in [-0.2, -0.15) is 39.5 Å². The maximum absolute atomic E-state index is 12.6. The van der Waals surface area contributed by atoms with Crippen LogP contribution in [0, 0.1) is 17.8 Å². The lowest BCUT2D eigenvalue weighted by Gasteiger charge is -2.46. The molecule has 0 spiro atoms. The second-order valence-electron chi connectivity index (χ2n) is 25.1. The number of ether oxygens (including phenoxy) is 6. The number of aliphatic hydroxyl groups excluding tert-OH is 12. The molecule has 15 N–H and O–H groups in total. The van der Waals surface area contributed by atoms with Gasteiger partial charge in [-0.25, -0.2) is 14.4 Å². The minimum atomic E-state index is -5.04. The van der Waals surface area contributed by atoms with Gasteiger partial charge in [0.05, 0.1) is 75.7 Å². The first-order valence-corrected chi connectivity index (χ1v) is 31.9. The summed E-state index contributed by atoms with van der Waals surface area (Å²) in [4.78, 5) is 105. The number of hydrogen-bond acceptors (Lipinski definition) is 27. The number of halogens is 9. The molecule has 0 bridgehead atoms. The molecular formula is C66H81F9O30. The summed E-state index contributed by atoms with van der Waals surface area (Å²) >= 11 is 0. The van der Waals surface area contributed by atoms with Gasteiger partial charge >= 0.3 is 53.8 Å². The molecule has 0 amide bonds. The second kappa shape index (κ2) is 38.2. The first-order chi connectivity index (χ1) is 48.6. The molecule has 3 saturated heterocycles. The number of aliphatic hydroxyl groups is 12. The van der Waals surface area contributed by atoms with E-state index in [2.05, 4.69) is 0 Å². The SMILES string of the molecule is CC(=O)CC1C(O)CC(Oc2ccc(CCC(=O)C(F)(F)F)cc2)(C(=O)O)OC1[C@H](O)[C@H](O)CO.CC(=O)CC1C(O)CC(Oc2cccc(CCC(=O)C(F)(F)F)c2)(C(=O)O)OC1[C@H](O)[C@H](O)CO.CC(=O)CC1C(O)CC(Oc2ccccc2CCC(=O)C(F)(F)F)(C(=O)O)OC1[C@H](O)[C@H](O)CO. The van der Waals surface area contributed by atoms with Gasteiger partial charge in [-0.05, 0) is 87.1 Å². The average Bonchev–Trinajstić information content (AvgIpc) is 0.774. The highest BCUT2D eigenvalue weighted by Crippen LogP contribution is 2.43. The number of carbonyl (C=O) groups excluding carboxylic acids is 6. The Labute approximate surface area is 590 Å². The molecule has 3 aromatic carbocycles. The van der Waals surface area contributed by atoms with E-state index in [-0.39, 0.29) is 60.5 Å². The summed E-state index contributed by atoms with van der Waals surface area (Å²) in [6.07, 6.45) is -42.3. The Balaban J connectivity index is 0.000000333. The van der Waals surface area contributed by atoms with Crippen molar-refractivity contribution in [3.05, 3.63) is 89.5 Å². The van der Waals surface area contributed by atoms with Crippen LogP contribution in [-0.2, 0) is 76.6 Å². The molecule has 0 saturated carbocycles. The van der Waals surface area contributed by atoms with Crippen LogP contribution >= 0.6 is 0 Å². The Bertz CT molecular complexity index is 3450. The quantitative estimate of drug-likeness (QED) is 0.0380. The van der Waals surface area contributed by atoms with Crippen molar-refractivity contribution in [1.29, 1.82) is 0 Å². The Morgan fingerprint density at radius 1 is 0.438 bits per heavy atom. The van der Waals surface area contributed by atoms with Crippen molar-refractivity contribution >= 4 is 52.6 Å². The number of alkyl halides is 9. The molecule has 30 nitrogen and oxygen atoms in total. The molecule has 12 unspecified atom stereocenters. The number of para-hydroxylation sites is 1. The summed E-state index contributed by atoms with van der Waals surface area (Å²) < 4.78 is 145. The fourth-order valence-electron chi connectivity index (χ4n) is 11.5. The molecule has 6 rings (SSSR count). The average molecular weight is 1530 g/mol. The van der Waals surface area contributed by atoms with Crippen LogP contribution in [0.2, 0.25) is 0 Å². The molecule has 18 atom stereocenters. The van der Waals surface area contributed by atoms with E-state index in [9.17, 15) is 154 Å². The molecule has 39 heteroatoms. The number of carboxylic acids is 3. The molecule has 3 heterocycles. The van der Waals surface area contributed by atoms with Crippen LogP contribution in [0.25, 0.3) is 0 Å². The van der Waals surface area contributed by atoms with E-state index in [1.165, 1.54) is 93.6 Å². The van der Waals surface area contributed by atoms with E-state index >= 15 is 0 Å². The van der Waals surface area contributed by atoms with E-state index in [1.54, 1.807) is 0 Å². The summed E-state index contributed by atoms with van der Waals surface area (Å²) in [6, 6.07) is 15.6. The standard InChI is InChI=1S/3C22H27F3O10/c1-11(27)8-14-15(28)9-21(20(32)33,35-19(14)18(31)16(29)10-26)34-13-5-2-12(3-6-13)4-7-17(30)22(23,24)25;1-11(27)7-14-15(28)9-21(20(32)33,35-19(14)18(31)16(29)10-26)34-13-4-2-3-12(8-13)5-6-17(30)22(23,24)25;1-11(27)8-13-14(28)9-21(20(32)33,35-19(13)18(31)15(29)10-26)34-16-5-3-2-4-12(16)6-7-17(30)22(23,24)25/h2-3,5-6,14-16,18-19,26,28-29,31H,4,7-10H2,1H3,(H,32,33);2-4,8,14-16,18-19,26,28-29,31H,5-7,9-10H2,1H3,(H,32,33);2-5,13-15,18-19,26,28-29,31H,6-10H2,1H3,(H,32,33)/t2*14?,15?,16-,18-,19?,21?;13?,14?,15-,18-,19?,21?/m111/s1. The van der Waals surface area contributed by atoms with Crippen molar-refractivity contribution < 1.29 is 188 Å². The molecule has 3 aliphatic rings. The Morgan fingerprint density at radius 2 is 0.762 bits per heavy atom. The van der Waals surface area contributed by atoms with Gasteiger partial charge in [0.2, 0.25) is 17.3 Å². The molecule has 588 valence electrons. The number of benzene rings is 3. The number of hydrogen-bond donors (Lipinski definition) is 15. The predicted molar refractivity (Wildman–Crippen MR) is 331 cm³/mol. The lowest BCUT2D eigenvalue weighted by atomic mass is 9.80. The zero-order valence-corrected chi connectivity index (χ0v) is 55.9. The summed E-state index contributed by atoms with van der Waals surface area (Å²) in [5.41, 5.74) is 0.603. The van der Waals surface area contributed by atoms with Crippen LogP contribution in [0.3, 0.4) is 0 Å². The van der Waals surface area contributed by atoms with Crippen LogP contribution < -0.4 is 14.2 Å². The maximum atomic E-state index is 12.6. The topological polar surface area (TPSA) is 512 Å². The third-order valence-corrected chi connectivity index (χ3v) is 16.9. The van der Waals surface area contributed by atoms with Gasteiger partial charge in [0.15, 0.2) is 0 Å². The zero-order chi connectivity index (χ0) is 79.7. The van der Waals surface area contributed by atoms with Crippen molar-refractivity contribution in [3.63, 3.8) is 0 Å². The predicted octanol–water partition coefficient (Wildman–Crippen LogP) is 1.11. The number of carbonyl (C=O) groups is 9. The van der Waals surface area contributed by atoms with Crippen molar-refractivity contribution in [2.24, 2.45) is 17.8 Å². The zero-order valence-electron chi connectivity index (χ0n) is 55.9. The summed E-state index contributed by atoms with van der Waals surface area (Å²) in [5.74, 6) is -24.1. The van der Waals surface area contributed by atoms with Crippen molar-refractivity contribution in [2.45, 2.75) is 207 Å². The molecule has 0 aliphatic carbocycles. The minimum absolute atomic E-state index is 0.0437. The number of carboxylic acid groups (broad SMARTS) is 3. The van der Waals surface area contributed by atoms with E-state index < -0.39 is 244 Å². The van der Waals surface area contributed by atoms with Crippen LogP contribution in [0.4, 0.5) is 39.5 Å². The van der Waals surface area contributed by atoms with Crippen molar-refractivity contribution in [2.75, 3.05) is 19.8 Å². The van der Waals surface area contributed by atoms with Gasteiger partial charge < -0.3 is 119 Å². The van der Waals surface area contributed by atoms with E-state index in [1.807, 2.05) is 0 Å². The summed E-state index contributed by atoms with van der Waals surface area (Å²) in [5, 5.41) is 150. The third kappa shape index (κ3) is 24.9. The monoisotopic (exact) mass is 1520 g/mol. The van der Waals surface area contributed by atoms with Crippen LogP contribution in [-0.4, -0.2) is 258 Å². The van der Waals surface area contributed by atoms with Gasteiger partial charge in [0, 0.05) is 56.3 Å². The van der Waals surface area contributed by atoms with Crippen molar-refractivity contribution in [3.8, 4) is 17.2 Å². The lowest BCUT2D eigenvalue weighted by Crippen LogP contribution is -2.63. The fourth-order valence-corrected chi connectivity index (χ4v) is 11.5. The summed E-state index contributed by atoms with van der Waals surface area (Å²) in [7, 11) is 0. The van der Waals surface area contributed by atoms with Crippen molar-refractivity contribution in [1.82, 2.24) is 0 Å². The molecule has 0 aromatic heterocycles. The fraction of sp³-hybridized carbons (Fsp3) is 0.591.